The number of carbonyl (C=O) groups is 2. The van der Waals surface area contributed by atoms with Gasteiger partial charge >= 0.3 is 0 Å². The van der Waals surface area contributed by atoms with E-state index in [-0.39, 0.29) is 17.2 Å². The average Bonchev–Trinajstić information content (AvgIpc) is 2.80. The van der Waals surface area contributed by atoms with Gasteiger partial charge in [0.15, 0.2) is 11.5 Å². The Hall–Kier alpha value is -1.47. The van der Waals surface area contributed by atoms with Crippen LogP contribution in [0.4, 0.5) is 4.79 Å². The van der Waals surface area contributed by atoms with E-state index in [0.29, 0.717) is 20.9 Å². The molecule has 0 aromatic heterocycles. The fraction of sp³-hybridized carbons (Fsp3) is 0.375. The van der Waals surface area contributed by atoms with E-state index in [1.165, 1.54) is 4.90 Å². The van der Waals surface area contributed by atoms with Gasteiger partial charge in [0.1, 0.15) is 0 Å². The summed E-state index contributed by atoms with van der Waals surface area (Å²) in [4.78, 5) is 26.2. The number of methoxy groups -OCH3 is 2. The van der Waals surface area contributed by atoms with E-state index in [9.17, 15) is 9.59 Å². The van der Waals surface area contributed by atoms with Gasteiger partial charge in [0.2, 0.25) is 0 Å². The Morgan fingerprint density at radius 3 is 2.57 bits per heavy atom. The monoisotopic (exact) mass is 399 g/mol. The van der Waals surface area contributed by atoms with Crippen LogP contribution in [0.15, 0.2) is 21.5 Å². The molecule has 5 nitrogen and oxygen atoms in total. The number of halogens is 1. The van der Waals surface area contributed by atoms with Gasteiger partial charge in [-0.25, -0.2) is 0 Å². The van der Waals surface area contributed by atoms with Crippen molar-refractivity contribution in [3.05, 3.63) is 27.1 Å². The van der Waals surface area contributed by atoms with Crippen molar-refractivity contribution in [1.29, 1.82) is 0 Å². The Bertz CT molecular complexity index is 674. The van der Waals surface area contributed by atoms with Crippen molar-refractivity contribution in [3.8, 4) is 11.5 Å². The highest BCUT2D eigenvalue weighted by molar-refractivity contribution is 9.10. The molecular formula is C16H18BrNO4S. The number of imide groups is 1. The lowest BCUT2D eigenvalue weighted by molar-refractivity contribution is -0.124. The third-order valence-corrected chi connectivity index (χ3v) is 5.08. The van der Waals surface area contributed by atoms with Crippen molar-refractivity contribution < 1.29 is 19.1 Å². The zero-order valence-corrected chi connectivity index (χ0v) is 15.8. The SMILES string of the molecule is CCC(C)N1C(=O)SC(=Cc2cc(Br)c(OC)c(OC)c2)C1=O. The second kappa shape index (κ2) is 7.40. The molecular weight excluding hydrogens is 382 g/mol. The molecule has 1 fully saturated rings. The van der Waals surface area contributed by atoms with Crippen LogP contribution in [-0.2, 0) is 4.79 Å². The van der Waals surface area contributed by atoms with Crippen LogP contribution in [0.3, 0.4) is 0 Å². The Balaban J connectivity index is 2.38. The third-order valence-electron chi connectivity index (χ3n) is 3.61. The zero-order valence-electron chi connectivity index (χ0n) is 13.4. The highest BCUT2D eigenvalue weighted by Gasteiger charge is 2.37. The smallest absolute Gasteiger partial charge is 0.293 e. The van der Waals surface area contributed by atoms with Crippen LogP contribution >= 0.6 is 27.7 Å². The minimum Gasteiger partial charge on any atom is -0.493 e. The maximum atomic E-state index is 12.4. The van der Waals surface area contributed by atoms with Crippen molar-refractivity contribution in [2.45, 2.75) is 26.3 Å². The van der Waals surface area contributed by atoms with E-state index in [1.807, 2.05) is 19.9 Å². The number of hydrogen-bond donors (Lipinski definition) is 0. The van der Waals surface area contributed by atoms with Crippen LogP contribution < -0.4 is 9.47 Å². The largest absolute Gasteiger partial charge is 0.493 e. The van der Waals surface area contributed by atoms with Gasteiger partial charge in [-0.15, -0.1) is 0 Å². The Morgan fingerprint density at radius 2 is 2.00 bits per heavy atom. The molecule has 1 saturated heterocycles. The zero-order chi connectivity index (χ0) is 17.1. The standard InChI is InChI=1S/C16H18BrNO4S/c1-5-9(2)18-15(19)13(23-16(18)20)8-10-6-11(17)14(22-4)12(7-10)21-3/h6-9H,5H2,1-4H3. The second-order valence-electron chi connectivity index (χ2n) is 5.05. The van der Waals surface area contributed by atoms with E-state index in [4.69, 9.17) is 9.47 Å². The summed E-state index contributed by atoms with van der Waals surface area (Å²) in [6, 6.07) is 3.48. The fourth-order valence-corrected chi connectivity index (χ4v) is 3.77. The fourth-order valence-electron chi connectivity index (χ4n) is 2.21. The number of benzene rings is 1. The highest BCUT2D eigenvalue weighted by Crippen LogP contribution is 2.39. The first-order valence-electron chi connectivity index (χ1n) is 7.11. The molecule has 1 unspecified atom stereocenters. The van der Waals surface area contributed by atoms with Gasteiger partial charge in [0.25, 0.3) is 11.1 Å². The lowest BCUT2D eigenvalue weighted by atomic mass is 10.1. The first-order chi connectivity index (χ1) is 10.9. The molecule has 0 N–H and O–H groups in total. The summed E-state index contributed by atoms with van der Waals surface area (Å²) < 4.78 is 11.3. The summed E-state index contributed by atoms with van der Waals surface area (Å²) in [7, 11) is 3.10. The molecule has 1 atom stereocenters. The molecule has 7 heteroatoms. The molecule has 23 heavy (non-hydrogen) atoms. The number of thioether (sulfide) groups is 1. The van der Waals surface area contributed by atoms with Crippen molar-refractivity contribution >= 4 is 44.9 Å². The van der Waals surface area contributed by atoms with E-state index in [1.54, 1.807) is 26.4 Å². The molecule has 2 rings (SSSR count). The molecule has 1 aliphatic heterocycles. The van der Waals surface area contributed by atoms with E-state index in [0.717, 1.165) is 23.7 Å². The summed E-state index contributed by atoms with van der Waals surface area (Å²) in [5.41, 5.74) is 0.754. The van der Waals surface area contributed by atoms with Crippen LogP contribution in [0.1, 0.15) is 25.8 Å². The quantitative estimate of drug-likeness (QED) is 0.690. The summed E-state index contributed by atoms with van der Waals surface area (Å²) in [5.74, 6) is 0.881. The van der Waals surface area contributed by atoms with Crippen molar-refractivity contribution in [2.75, 3.05) is 14.2 Å². The maximum Gasteiger partial charge on any atom is 0.293 e. The minimum atomic E-state index is -0.250. The molecule has 0 saturated carbocycles. The molecule has 0 spiro atoms. The van der Waals surface area contributed by atoms with Crippen LogP contribution in [0.2, 0.25) is 0 Å². The molecule has 0 aliphatic carbocycles. The average molecular weight is 400 g/mol. The lowest BCUT2D eigenvalue weighted by Crippen LogP contribution is -2.36. The predicted octanol–water partition coefficient (Wildman–Crippen LogP) is 4.30. The Morgan fingerprint density at radius 1 is 1.30 bits per heavy atom. The molecule has 1 aromatic rings. The van der Waals surface area contributed by atoms with Gasteiger partial charge in [-0.3, -0.25) is 14.5 Å². The summed E-state index contributed by atoms with van der Waals surface area (Å²) in [5, 5.41) is -0.227. The number of ether oxygens (including phenoxy) is 2. The van der Waals surface area contributed by atoms with Crippen LogP contribution in [-0.4, -0.2) is 36.3 Å². The molecule has 0 bridgehead atoms. The lowest BCUT2D eigenvalue weighted by Gasteiger charge is -2.19. The van der Waals surface area contributed by atoms with E-state index < -0.39 is 0 Å². The van der Waals surface area contributed by atoms with Gasteiger partial charge in [-0.05, 0) is 64.8 Å². The number of hydrogen-bond acceptors (Lipinski definition) is 5. The molecule has 124 valence electrons. The Kier molecular flexibility index (Phi) is 5.75. The topological polar surface area (TPSA) is 55.8 Å². The summed E-state index contributed by atoms with van der Waals surface area (Å²) in [6.45, 7) is 3.81. The van der Waals surface area contributed by atoms with Crippen molar-refractivity contribution in [2.24, 2.45) is 0 Å². The molecule has 2 amide bonds. The first kappa shape index (κ1) is 17.9. The van der Waals surface area contributed by atoms with Crippen molar-refractivity contribution in [3.63, 3.8) is 0 Å². The Labute approximate surface area is 148 Å². The second-order valence-corrected chi connectivity index (χ2v) is 6.89. The molecule has 0 radical (unpaired) electrons. The number of amides is 2. The minimum absolute atomic E-state index is 0.106. The van der Waals surface area contributed by atoms with Crippen LogP contribution in [0, 0.1) is 0 Å². The number of rotatable bonds is 5. The van der Waals surface area contributed by atoms with Gasteiger partial charge in [0, 0.05) is 6.04 Å². The number of carbonyl (C=O) groups excluding carboxylic acids is 2. The molecule has 1 aromatic carbocycles. The number of nitrogens with zero attached hydrogens (tertiary/aromatic N) is 1. The van der Waals surface area contributed by atoms with Crippen molar-refractivity contribution in [1.82, 2.24) is 4.90 Å². The van der Waals surface area contributed by atoms with E-state index in [2.05, 4.69) is 15.9 Å². The normalized spacial score (nSPS) is 17.8. The first-order valence-corrected chi connectivity index (χ1v) is 8.72. The molecule has 1 aliphatic rings. The maximum absolute atomic E-state index is 12.4. The molecule has 1 heterocycles. The van der Waals surface area contributed by atoms with Gasteiger partial charge < -0.3 is 9.47 Å². The predicted molar refractivity (Wildman–Crippen MR) is 94.8 cm³/mol. The van der Waals surface area contributed by atoms with E-state index >= 15 is 0 Å². The summed E-state index contributed by atoms with van der Waals surface area (Å²) >= 11 is 4.38. The highest BCUT2D eigenvalue weighted by atomic mass is 79.9. The van der Waals surface area contributed by atoms with Crippen LogP contribution in [0.25, 0.3) is 6.08 Å². The van der Waals surface area contributed by atoms with Crippen LogP contribution in [0.5, 0.6) is 11.5 Å². The van der Waals surface area contributed by atoms with Gasteiger partial charge in [0.05, 0.1) is 23.6 Å². The summed E-state index contributed by atoms with van der Waals surface area (Å²) in [6.07, 6.45) is 2.42. The van der Waals surface area contributed by atoms with Gasteiger partial charge in [-0.2, -0.15) is 0 Å². The third kappa shape index (κ3) is 3.55. The van der Waals surface area contributed by atoms with Gasteiger partial charge in [-0.1, -0.05) is 6.92 Å².